The van der Waals surface area contributed by atoms with E-state index in [2.05, 4.69) is 15.3 Å². The molecule has 3 rings (SSSR count). The summed E-state index contributed by atoms with van der Waals surface area (Å²) in [5.41, 5.74) is 7.95. The van der Waals surface area contributed by atoms with Crippen molar-refractivity contribution < 1.29 is 4.79 Å². The summed E-state index contributed by atoms with van der Waals surface area (Å²) < 4.78 is 0. The number of rotatable bonds is 4. The summed E-state index contributed by atoms with van der Waals surface area (Å²) in [5.74, 6) is -0.117. The van der Waals surface area contributed by atoms with Crippen molar-refractivity contribution >= 4 is 33.8 Å². The minimum absolute atomic E-state index is 0.0662. The summed E-state index contributed by atoms with van der Waals surface area (Å²) in [4.78, 5) is 19.9. The van der Waals surface area contributed by atoms with Gasteiger partial charge in [-0.3, -0.25) is 4.79 Å². The molecule has 0 aliphatic heterocycles. The fourth-order valence-electron chi connectivity index (χ4n) is 2.31. The summed E-state index contributed by atoms with van der Waals surface area (Å²) in [6.07, 6.45) is 4.26. The van der Waals surface area contributed by atoms with Crippen LogP contribution in [0.3, 0.4) is 0 Å². The van der Waals surface area contributed by atoms with Gasteiger partial charge in [-0.05, 0) is 24.6 Å². The number of aromatic amines is 1. The zero-order valence-corrected chi connectivity index (χ0v) is 12.4. The molecule has 0 radical (unpaired) electrons. The molecule has 0 fully saturated rings. The number of benzene rings is 1. The summed E-state index contributed by atoms with van der Waals surface area (Å²) >= 11 is 1.55. The van der Waals surface area contributed by atoms with Crippen LogP contribution in [-0.4, -0.2) is 15.9 Å². The molecule has 108 valence electrons. The van der Waals surface area contributed by atoms with Gasteiger partial charge >= 0.3 is 0 Å². The zero-order valence-electron chi connectivity index (χ0n) is 11.6. The molecule has 4 N–H and O–H groups in total. The molecule has 0 saturated heterocycles. The average Bonchev–Trinajstić information content (AvgIpc) is 3.13. The van der Waals surface area contributed by atoms with Crippen molar-refractivity contribution in [2.45, 2.75) is 19.4 Å². The fraction of sp³-hybridized carbons (Fsp3) is 0.200. The van der Waals surface area contributed by atoms with Crippen LogP contribution in [0.15, 0.2) is 36.0 Å². The Morgan fingerprint density at radius 1 is 1.52 bits per heavy atom. The number of nitrogen functional groups attached to an aromatic ring is 1. The van der Waals surface area contributed by atoms with Crippen LogP contribution in [0, 0.1) is 0 Å². The normalized spacial score (nSPS) is 12.4. The number of fused-ring (bicyclic) bond motifs is 1. The molecule has 0 aliphatic carbocycles. The van der Waals surface area contributed by atoms with Crippen LogP contribution < -0.4 is 11.1 Å². The third-order valence-electron chi connectivity index (χ3n) is 3.41. The number of carbonyl (C=O) groups is 1. The van der Waals surface area contributed by atoms with Gasteiger partial charge in [-0.15, -0.1) is 11.3 Å². The number of H-pyrrole nitrogens is 1. The third-order valence-corrected chi connectivity index (χ3v) is 4.30. The number of aromatic nitrogens is 2. The van der Waals surface area contributed by atoms with E-state index in [1.807, 2.05) is 30.5 Å². The lowest BCUT2D eigenvalue weighted by Crippen LogP contribution is -2.27. The maximum atomic E-state index is 12.5. The van der Waals surface area contributed by atoms with E-state index in [0.29, 0.717) is 11.3 Å². The maximum Gasteiger partial charge on any atom is 0.254 e. The molecule has 6 heteroatoms. The molecule has 0 bridgehead atoms. The molecule has 3 aromatic rings. The number of hydrogen-bond acceptors (Lipinski definition) is 4. The Morgan fingerprint density at radius 3 is 3.10 bits per heavy atom. The third kappa shape index (κ3) is 2.62. The van der Waals surface area contributed by atoms with Crippen LogP contribution in [0.1, 0.15) is 34.8 Å². The highest BCUT2D eigenvalue weighted by atomic mass is 32.1. The molecule has 1 aromatic carbocycles. The van der Waals surface area contributed by atoms with E-state index in [9.17, 15) is 4.79 Å². The van der Waals surface area contributed by atoms with E-state index in [4.69, 9.17) is 5.73 Å². The van der Waals surface area contributed by atoms with Gasteiger partial charge in [0.15, 0.2) is 0 Å². The van der Waals surface area contributed by atoms with E-state index in [0.717, 1.165) is 22.3 Å². The quantitative estimate of drug-likeness (QED) is 0.647. The first kappa shape index (κ1) is 13.6. The van der Waals surface area contributed by atoms with Crippen molar-refractivity contribution in [2.24, 2.45) is 0 Å². The second-order valence-corrected chi connectivity index (χ2v) is 5.74. The summed E-state index contributed by atoms with van der Waals surface area (Å²) in [5, 5.41) is 6.70. The molecule has 0 spiro atoms. The number of nitrogens with one attached hydrogen (secondary N) is 2. The maximum absolute atomic E-state index is 12.5. The molecule has 1 unspecified atom stereocenters. The molecule has 5 nitrogen and oxygen atoms in total. The summed E-state index contributed by atoms with van der Waals surface area (Å²) in [6, 6.07) is 5.43. The minimum Gasteiger partial charge on any atom is -0.399 e. The number of thiazole rings is 1. The molecule has 1 amide bonds. The van der Waals surface area contributed by atoms with Gasteiger partial charge in [0, 0.05) is 34.4 Å². The first-order valence-corrected chi connectivity index (χ1v) is 7.64. The van der Waals surface area contributed by atoms with Crippen molar-refractivity contribution in [1.29, 1.82) is 0 Å². The Bertz CT molecular complexity index is 763. The number of amides is 1. The number of anilines is 1. The van der Waals surface area contributed by atoms with E-state index < -0.39 is 0 Å². The zero-order chi connectivity index (χ0) is 14.8. The molecule has 2 aromatic heterocycles. The van der Waals surface area contributed by atoms with Gasteiger partial charge in [-0.1, -0.05) is 6.92 Å². The lowest BCUT2D eigenvalue weighted by molar-refractivity contribution is 0.0937. The first-order chi connectivity index (χ1) is 10.2. The largest absolute Gasteiger partial charge is 0.399 e. The molecular formula is C15H16N4OS. The predicted octanol–water partition coefficient (Wildman–Crippen LogP) is 3.09. The van der Waals surface area contributed by atoms with Gasteiger partial charge in [0.1, 0.15) is 5.01 Å². The van der Waals surface area contributed by atoms with Gasteiger partial charge in [0.25, 0.3) is 5.91 Å². The van der Waals surface area contributed by atoms with Crippen molar-refractivity contribution in [3.8, 4) is 0 Å². The monoisotopic (exact) mass is 300 g/mol. The highest BCUT2D eigenvalue weighted by molar-refractivity contribution is 7.09. The van der Waals surface area contributed by atoms with E-state index in [1.54, 1.807) is 23.7 Å². The highest BCUT2D eigenvalue weighted by Gasteiger charge is 2.18. The average molecular weight is 300 g/mol. The molecule has 21 heavy (non-hydrogen) atoms. The Balaban J connectivity index is 1.88. The Hall–Kier alpha value is -2.34. The van der Waals surface area contributed by atoms with Crippen LogP contribution >= 0.6 is 11.3 Å². The van der Waals surface area contributed by atoms with Crippen LogP contribution in [0.5, 0.6) is 0 Å². The lowest BCUT2D eigenvalue weighted by Gasteiger charge is -2.14. The van der Waals surface area contributed by atoms with Crippen LogP contribution in [-0.2, 0) is 0 Å². The number of hydrogen-bond donors (Lipinski definition) is 3. The Kier molecular flexibility index (Phi) is 3.62. The SMILES string of the molecule is CCC(NC(=O)c1c[nH]c2ccc(N)cc12)c1nccs1. The number of nitrogens with zero attached hydrogens (tertiary/aromatic N) is 1. The van der Waals surface area contributed by atoms with Crippen LogP contribution in [0.25, 0.3) is 10.9 Å². The minimum atomic E-state index is -0.117. The van der Waals surface area contributed by atoms with Crippen molar-refractivity contribution in [3.63, 3.8) is 0 Å². The lowest BCUT2D eigenvalue weighted by atomic mass is 10.1. The molecule has 0 saturated carbocycles. The predicted molar refractivity (Wildman–Crippen MR) is 85.3 cm³/mol. The first-order valence-electron chi connectivity index (χ1n) is 6.76. The smallest absolute Gasteiger partial charge is 0.254 e. The van der Waals surface area contributed by atoms with E-state index in [-0.39, 0.29) is 11.9 Å². The Labute approximate surface area is 126 Å². The topological polar surface area (TPSA) is 83.8 Å². The standard InChI is InChI=1S/C15H16N4OS/c1-2-12(15-17-5-6-21-15)19-14(20)11-8-18-13-4-3-9(16)7-10(11)13/h3-8,12,18H,2,16H2,1H3,(H,19,20). The highest BCUT2D eigenvalue weighted by Crippen LogP contribution is 2.23. The van der Waals surface area contributed by atoms with Crippen molar-refractivity contribution in [3.05, 3.63) is 46.5 Å². The Morgan fingerprint density at radius 2 is 2.38 bits per heavy atom. The van der Waals surface area contributed by atoms with Crippen LogP contribution in [0.4, 0.5) is 5.69 Å². The molecule has 0 aliphatic rings. The number of carbonyl (C=O) groups excluding carboxylic acids is 1. The van der Waals surface area contributed by atoms with Crippen molar-refractivity contribution in [1.82, 2.24) is 15.3 Å². The van der Waals surface area contributed by atoms with Gasteiger partial charge in [0.05, 0.1) is 11.6 Å². The van der Waals surface area contributed by atoms with Crippen LogP contribution in [0.2, 0.25) is 0 Å². The van der Waals surface area contributed by atoms with Gasteiger partial charge in [0.2, 0.25) is 0 Å². The van der Waals surface area contributed by atoms with Gasteiger partial charge in [-0.25, -0.2) is 4.98 Å². The second kappa shape index (κ2) is 5.57. The van der Waals surface area contributed by atoms with Gasteiger partial charge in [-0.2, -0.15) is 0 Å². The second-order valence-electron chi connectivity index (χ2n) is 4.81. The molecule has 2 heterocycles. The summed E-state index contributed by atoms with van der Waals surface area (Å²) in [7, 11) is 0. The van der Waals surface area contributed by atoms with Gasteiger partial charge < -0.3 is 16.0 Å². The van der Waals surface area contributed by atoms with Crippen molar-refractivity contribution in [2.75, 3.05) is 5.73 Å². The fourth-order valence-corrected chi connectivity index (χ4v) is 3.08. The molecular weight excluding hydrogens is 284 g/mol. The summed E-state index contributed by atoms with van der Waals surface area (Å²) in [6.45, 7) is 2.03. The van der Waals surface area contributed by atoms with E-state index >= 15 is 0 Å². The number of nitrogens with two attached hydrogens (primary N) is 1. The molecule has 1 atom stereocenters. The van der Waals surface area contributed by atoms with E-state index in [1.165, 1.54) is 0 Å².